The Kier molecular flexibility index (Phi) is 2.89. The fourth-order valence-corrected chi connectivity index (χ4v) is 1.14. The summed E-state index contributed by atoms with van der Waals surface area (Å²) in [6.45, 7) is 0. The van der Waals surface area contributed by atoms with Gasteiger partial charge in [0.2, 0.25) is 11.5 Å². The van der Waals surface area contributed by atoms with Crippen LogP contribution in [-0.4, -0.2) is 35.5 Å². The number of hydrogen-bond acceptors (Lipinski definition) is 5. The number of carbonyl (C=O) groups is 1. The van der Waals surface area contributed by atoms with Crippen molar-refractivity contribution in [2.75, 3.05) is 14.2 Å². The monoisotopic (exact) mass is 214 g/mol. The SMILES string of the molecule is COc1cc(C(=O)O)c(OC)c(O)c1O. The smallest absolute Gasteiger partial charge is 0.339 e. The van der Waals surface area contributed by atoms with Gasteiger partial charge in [0, 0.05) is 6.07 Å². The standard InChI is InChI=1S/C9H10O6/c1-14-5-3-4(9(12)13)8(15-2)7(11)6(5)10/h3,10-11H,1-2H3,(H,12,13). The molecule has 15 heavy (non-hydrogen) atoms. The van der Waals surface area contributed by atoms with E-state index in [2.05, 4.69) is 9.47 Å². The second-order valence-corrected chi connectivity index (χ2v) is 2.66. The lowest BCUT2D eigenvalue weighted by atomic mass is 10.1. The number of ether oxygens (including phenoxy) is 2. The van der Waals surface area contributed by atoms with Gasteiger partial charge in [0.25, 0.3) is 0 Å². The highest BCUT2D eigenvalue weighted by molar-refractivity contribution is 5.93. The lowest BCUT2D eigenvalue weighted by Gasteiger charge is -2.11. The number of phenolic OH excluding ortho intramolecular Hbond substituents is 2. The first-order chi connectivity index (χ1) is 7.02. The Labute approximate surface area is 85.3 Å². The average Bonchev–Trinajstić information content (AvgIpc) is 2.21. The first kappa shape index (κ1) is 11.0. The molecule has 0 bridgehead atoms. The van der Waals surface area contributed by atoms with Gasteiger partial charge >= 0.3 is 5.97 Å². The molecule has 1 aromatic rings. The van der Waals surface area contributed by atoms with Crippen LogP contribution in [0.25, 0.3) is 0 Å². The zero-order valence-electron chi connectivity index (χ0n) is 8.14. The summed E-state index contributed by atoms with van der Waals surface area (Å²) in [6.07, 6.45) is 0. The maximum Gasteiger partial charge on any atom is 0.339 e. The van der Waals surface area contributed by atoms with E-state index in [0.717, 1.165) is 6.07 Å². The minimum Gasteiger partial charge on any atom is -0.502 e. The molecule has 0 aliphatic heterocycles. The molecule has 1 rings (SSSR count). The predicted molar refractivity (Wildman–Crippen MR) is 49.8 cm³/mol. The first-order valence-electron chi connectivity index (χ1n) is 3.93. The Bertz CT molecular complexity index is 398. The van der Waals surface area contributed by atoms with Crippen LogP contribution < -0.4 is 9.47 Å². The molecule has 0 heterocycles. The van der Waals surface area contributed by atoms with E-state index in [0.29, 0.717) is 0 Å². The third-order valence-electron chi connectivity index (χ3n) is 1.85. The molecule has 0 atom stereocenters. The summed E-state index contributed by atoms with van der Waals surface area (Å²) in [5, 5.41) is 27.6. The van der Waals surface area contributed by atoms with Gasteiger partial charge in [-0.15, -0.1) is 0 Å². The Morgan fingerprint density at radius 2 is 1.80 bits per heavy atom. The van der Waals surface area contributed by atoms with Gasteiger partial charge in [-0.05, 0) is 0 Å². The summed E-state index contributed by atoms with van der Waals surface area (Å²) in [6, 6.07) is 1.07. The number of rotatable bonds is 3. The maximum atomic E-state index is 10.8. The molecular formula is C9H10O6. The predicted octanol–water partition coefficient (Wildman–Crippen LogP) is 0.813. The van der Waals surface area contributed by atoms with Crippen LogP contribution in [0.5, 0.6) is 23.0 Å². The van der Waals surface area contributed by atoms with Gasteiger partial charge in [0.15, 0.2) is 11.5 Å². The van der Waals surface area contributed by atoms with Gasteiger partial charge in [0.05, 0.1) is 14.2 Å². The Balaban J connectivity index is 3.51. The lowest BCUT2D eigenvalue weighted by molar-refractivity contribution is 0.0692. The van der Waals surface area contributed by atoms with Crippen molar-refractivity contribution in [1.29, 1.82) is 0 Å². The molecule has 6 nitrogen and oxygen atoms in total. The summed E-state index contributed by atoms with van der Waals surface area (Å²) < 4.78 is 9.36. The lowest BCUT2D eigenvalue weighted by Crippen LogP contribution is -2.01. The Morgan fingerprint density at radius 1 is 1.20 bits per heavy atom. The van der Waals surface area contributed by atoms with Gasteiger partial charge in [-0.1, -0.05) is 0 Å². The van der Waals surface area contributed by atoms with Crippen LogP contribution in [-0.2, 0) is 0 Å². The number of phenols is 2. The second-order valence-electron chi connectivity index (χ2n) is 2.66. The molecule has 0 saturated heterocycles. The van der Waals surface area contributed by atoms with Crippen molar-refractivity contribution < 1.29 is 29.6 Å². The molecule has 0 radical (unpaired) electrons. The van der Waals surface area contributed by atoms with Gasteiger partial charge in [0.1, 0.15) is 5.56 Å². The molecule has 0 aliphatic rings. The minimum atomic E-state index is -1.29. The molecule has 0 spiro atoms. The summed E-state index contributed by atoms with van der Waals surface area (Å²) in [4.78, 5) is 10.8. The number of carboxylic acids is 1. The zero-order chi connectivity index (χ0) is 11.6. The molecule has 0 saturated carbocycles. The van der Waals surface area contributed by atoms with E-state index in [1.54, 1.807) is 0 Å². The highest BCUT2D eigenvalue weighted by Crippen LogP contribution is 2.44. The zero-order valence-corrected chi connectivity index (χ0v) is 8.14. The fourth-order valence-electron chi connectivity index (χ4n) is 1.14. The molecule has 0 aromatic heterocycles. The van der Waals surface area contributed by atoms with E-state index in [1.165, 1.54) is 14.2 Å². The number of aromatic carboxylic acids is 1. The van der Waals surface area contributed by atoms with Crippen molar-refractivity contribution in [2.45, 2.75) is 0 Å². The molecule has 6 heteroatoms. The summed E-state index contributed by atoms with van der Waals surface area (Å²) in [5.74, 6) is -2.94. The van der Waals surface area contributed by atoms with Crippen molar-refractivity contribution in [3.05, 3.63) is 11.6 Å². The van der Waals surface area contributed by atoms with Crippen molar-refractivity contribution in [2.24, 2.45) is 0 Å². The normalized spacial score (nSPS) is 9.73. The molecule has 0 unspecified atom stereocenters. The molecule has 1 aromatic carbocycles. The fraction of sp³-hybridized carbons (Fsp3) is 0.222. The largest absolute Gasteiger partial charge is 0.502 e. The third kappa shape index (κ3) is 1.74. The van der Waals surface area contributed by atoms with Crippen LogP contribution in [0.15, 0.2) is 6.07 Å². The number of benzene rings is 1. The van der Waals surface area contributed by atoms with Gasteiger partial charge < -0.3 is 24.8 Å². The molecule has 0 amide bonds. The van der Waals surface area contributed by atoms with Gasteiger partial charge in [-0.3, -0.25) is 0 Å². The van der Waals surface area contributed by atoms with Crippen molar-refractivity contribution >= 4 is 5.97 Å². The number of hydrogen-bond donors (Lipinski definition) is 3. The number of aromatic hydroxyl groups is 2. The van der Waals surface area contributed by atoms with Crippen LogP contribution in [0.1, 0.15) is 10.4 Å². The van der Waals surface area contributed by atoms with Crippen LogP contribution in [0.3, 0.4) is 0 Å². The Hall–Kier alpha value is -2.11. The van der Waals surface area contributed by atoms with Gasteiger partial charge in [-0.25, -0.2) is 4.79 Å². The molecule has 3 N–H and O–H groups in total. The third-order valence-corrected chi connectivity index (χ3v) is 1.85. The van der Waals surface area contributed by atoms with E-state index in [-0.39, 0.29) is 17.1 Å². The number of methoxy groups -OCH3 is 2. The van der Waals surface area contributed by atoms with E-state index >= 15 is 0 Å². The highest BCUT2D eigenvalue weighted by atomic mass is 16.5. The van der Waals surface area contributed by atoms with Crippen LogP contribution in [0.4, 0.5) is 0 Å². The van der Waals surface area contributed by atoms with E-state index in [1.807, 2.05) is 0 Å². The summed E-state index contributed by atoms with van der Waals surface area (Å²) in [7, 11) is 2.43. The van der Waals surface area contributed by atoms with Crippen LogP contribution >= 0.6 is 0 Å². The molecule has 82 valence electrons. The maximum absolute atomic E-state index is 10.8. The summed E-state index contributed by atoms with van der Waals surface area (Å²) in [5.41, 5.74) is -0.287. The van der Waals surface area contributed by atoms with Crippen LogP contribution in [0, 0.1) is 0 Å². The Morgan fingerprint density at radius 3 is 2.20 bits per heavy atom. The second kappa shape index (κ2) is 3.95. The van der Waals surface area contributed by atoms with E-state index < -0.39 is 17.5 Å². The summed E-state index contributed by atoms with van der Waals surface area (Å²) >= 11 is 0. The quantitative estimate of drug-likeness (QED) is 0.644. The number of carboxylic acid groups (broad SMARTS) is 1. The minimum absolute atomic E-state index is 0.134. The van der Waals surface area contributed by atoms with Crippen molar-refractivity contribution in [3.63, 3.8) is 0 Å². The highest BCUT2D eigenvalue weighted by Gasteiger charge is 2.22. The molecule has 0 aliphatic carbocycles. The van der Waals surface area contributed by atoms with E-state index in [9.17, 15) is 15.0 Å². The van der Waals surface area contributed by atoms with Crippen LogP contribution in [0.2, 0.25) is 0 Å². The van der Waals surface area contributed by atoms with Crippen molar-refractivity contribution in [1.82, 2.24) is 0 Å². The molecular weight excluding hydrogens is 204 g/mol. The average molecular weight is 214 g/mol. The van der Waals surface area contributed by atoms with Gasteiger partial charge in [-0.2, -0.15) is 0 Å². The van der Waals surface area contributed by atoms with Crippen molar-refractivity contribution in [3.8, 4) is 23.0 Å². The topological polar surface area (TPSA) is 96.2 Å². The van der Waals surface area contributed by atoms with E-state index in [4.69, 9.17) is 5.11 Å². The molecule has 0 fully saturated rings. The first-order valence-corrected chi connectivity index (χ1v) is 3.93.